The Balaban J connectivity index is 2.33. The second-order valence-corrected chi connectivity index (χ2v) is 4.73. The molecule has 3 atom stereocenters. The first-order valence-electron chi connectivity index (χ1n) is 5.95. The van der Waals surface area contributed by atoms with E-state index in [-0.39, 0.29) is 6.04 Å². The van der Waals surface area contributed by atoms with Crippen LogP contribution in [0.4, 0.5) is 0 Å². The maximum atomic E-state index is 5.99. The van der Waals surface area contributed by atoms with Crippen LogP contribution >= 0.6 is 0 Å². The minimum atomic E-state index is 0.287. The monoisotopic (exact) mass is 199 g/mol. The molecule has 0 saturated heterocycles. The summed E-state index contributed by atoms with van der Waals surface area (Å²) in [5.41, 5.74) is 18.0. The van der Waals surface area contributed by atoms with Gasteiger partial charge in [-0.25, -0.2) is 0 Å². The Labute approximate surface area is 87.4 Å². The van der Waals surface area contributed by atoms with E-state index >= 15 is 0 Å². The van der Waals surface area contributed by atoms with Gasteiger partial charge in [-0.15, -0.1) is 0 Å². The number of nitrogens with two attached hydrogens (primary N) is 3. The topological polar surface area (TPSA) is 78.1 Å². The Bertz CT molecular complexity index is 149. The summed E-state index contributed by atoms with van der Waals surface area (Å²) in [4.78, 5) is 0. The van der Waals surface area contributed by atoms with Crippen molar-refractivity contribution in [2.75, 3.05) is 0 Å². The third-order valence-corrected chi connectivity index (χ3v) is 3.16. The van der Waals surface area contributed by atoms with E-state index in [0.717, 1.165) is 38.5 Å². The summed E-state index contributed by atoms with van der Waals surface area (Å²) in [6.07, 6.45) is 9.06. The van der Waals surface area contributed by atoms with Crippen LogP contribution in [0.3, 0.4) is 0 Å². The van der Waals surface area contributed by atoms with E-state index in [4.69, 9.17) is 17.2 Å². The van der Waals surface area contributed by atoms with Crippen molar-refractivity contribution in [3.63, 3.8) is 0 Å². The molecular formula is C11H25N3. The maximum absolute atomic E-state index is 5.99. The van der Waals surface area contributed by atoms with E-state index in [2.05, 4.69) is 0 Å². The molecule has 0 aromatic carbocycles. The van der Waals surface area contributed by atoms with Crippen molar-refractivity contribution in [2.24, 2.45) is 17.2 Å². The number of hydrogen-bond donors (Lipinski definition) is 3. The lowest BCUT2D eigenvalue weighted by Crippen LogP contribution is -2.31. The molecule has 6 N–H and O–H groups in total. The molecule has 1 fully saturated rings. The van der Waals surface area contributed by atoms with Gasteiger partial charge in [0.2, 0.25) is 0 Å². The molecule has 3 nitrogen and oxygen atoms in total. The van der Waals surface area contributed by atoms with Crippen molar-refractivity contribution in [3.8, 4) is 0 Å². The van der Waals surface area contributed by atoms with E-state index in [1.165, 1.54) is 12.8 Å². The van der Waals surface area contributed by atoms with Crippen LogP contribution in [0.1, 0.15) is 51.4 Å². The molecule has 0 amide bonds. The molecule has 14 heavy (non-hydrogen) atoms. The summed E-state index contributed by atoms with van der Waals surface area (Å²) in [6.45, 7) is 0. The zero-order chi connectivity index (χ0) is 10.4. The summed E-state index contributed by atoms with van der Waals surface area (Å²) in [6, 6.07) is 0.978. The highest BCUT2D eigenvalue weighted by atomic mass is 14.7. The van der Waals surface area contributed by atoms with Gasteiger partial charge in [-0.1, -0.05) is 19.3 Å². The summed E-state index contributed by atoms with van der Waals surface area (Å²) in [7, 11) is 0. The standard InChI is InChI=1S/C11H25N3/c12-9-4-1-2-5-10(13)8-11(14)7-3-6-9/h9-11H,1-8,12-14H2. The van der Waals surface area contributed by atoms with Gasteiger partial charge >= 0.3 is 0 Å². The van der Waals surface area contributed by atoms with Crippen molar-refractivity contribution in [3.05, 3.63) is 0 Å². The lowest BCUT2D eigenvalue weighted by molar-refractivity contribution is 0.460. The Morgan fingerprint density at radius 1 is 0.571 bits per heavy atom. The zero-order valence-electron chi connectivity index (χ0n) is 9.12. The number of rotatable bonds is 0. The highest BCUT2D eigenvalue weighted by Gasteiger charge is 2.12. The summed E-state index contributed by atoms with van der Waals surface area (Å²) in [5, 5.41) is 0. The Kier molecular flexibility index (Phi) is 5.45. The molecule has 3 heteroatoms. The molecule has 1 aliphatic rings. The van der Waals surface area contributed by atoms with Gasteiger partial charge in [-0.2, -0.15) is 0 Å². The van der Waals surface area contributed by atoms with Crippen molar-refractivity contribution in [1.82, 2.24) is 0 Å². The van der Waals surface area contributed by atoms with Crippen molar-refractivity contribution in [2.45, 2.75) is 69.5 Å². The molecule has 84 valence electrons. The quantitative estimate of drug-likeness (QED) is 0.547. The van der Waals surface area contributed by atoms with Crippen LogP contribution in [0.15, 0.2) is 0 Å². The highest BCUT2D eigenvalue weighted by molar-refractivity contribution is 4.74. The summed E-state index contributed by atoms with van der Waals surface area (Å²) in [5.74, 6) is 0. The largest absolute Gasteiger partial charge is 0.328 e. The lowest BCUT2D eigenvalue weighted by Gasteiger charge is -2.16. The lowest BCUT2D eigenvalue weighted by atomic mass is 10.00. The van der Waals surface area contributed by atoms with Crippen molar-refractivity contribution in [1.29, 1.82) is 0 Å². The molecule has 0 aromatic heterocycles. The van der Waals surface area contributed by atoms with E-state index < -0.39 is 0 Å². The summed E-state index contributed by atoms with van der Waals surface area (Å²) < 4.78 is 0. The molecule has 0 spiro atoms. The fourth-order valence-corrected chi connectivity index (χ4v) is 2.22. The minimum Gasteiger partial charge on any atom is -0.328 e. The van der Waals surface area contributed by atoms with Crippen molar-refractivity contribution < 1.29 is 0 Å². The smallest absolute Gasteiger partial charge is 0.00535 e. The molecule has 1 rings (SSSR count). The second kappa shape index (κ2) is 6.38. The van der Waals surface area contributed by atoms with Gasteiger partial charge in [0.15, 0.2) is 0 Å². The number of hydrogen-bond acceptors (Lipinski definition) is 3. The van der Waals surface area contributed by atoms with Crippen LogP contribution in [-0.4, -0.2) is 18.1 Å². The molecule has 3 unspecified atom stereocenters. The van der Waals surface area contributed by atoms with Crippen LogP contribution in [0.25, 0.3) is 0 Å². The average Bonchev–Trinajstić information content (AvgIpc) is 2.13. The van der Waals surface area contributed by atoms with Gasteiger partial charge in [0, 0.05) is 18.1 Å². The normalized spacial score (nSPS) is 37.5. The molecule has 0 heterocycles. The molecule has 0 bridgehead atoms. The maximum Gasteiger partial charge on any atom is 0.00535 e. The fourth-order valence-electron chi connectivity index (χ4n) is 2.22. The van der Waals surface area contributed by atoms with Crippen LogP contribution in [0.2, 0.25) is 0 Å². The van der Waals surface area contributed by atoms with Crippen molar-refractivity contribution >= 4 is 0 Å². The van der Waals surface area contributed by atoms with Crippen LogP contribution in [0.5, 0.6) is 0 Å². The van der Waals surface area contributed by atoms with Crippen LogP contribution in [0, 0.1) is 0 Å². The first-order chi connectivity index (χ1) is 6.68. The molecule has 1 aliphatic carbocycles. The van der Waals surface area contributed by atoms with Gasteiger partial charge in [0.05, 0.1) is 0 Å². The van der Waals surface area contributed by atoms with Gasteiger partial charge in [0.25, 0.3) is 0 Å². The first-order valence-corrected chi connectivity index (χ1v) is 5.95. The molecule has 0 aromatic rings. The summed E-state index contributed by atoms with van der Waals surface area (Å²) >= 11 is 0. The SMILES string of the molecule is NC1CCCCC(N)CC(N)CCC1. The average molecular weight is 199 g/mol. The van der Waals surface area contributed by atoms with E-state index in [1.807, 2.05) is 0 Å². The second-order valence-electron chi connectivity index (χ2n) is 4.73. The third kappa shape index (κ3) is 4.94. The molecular weight excluding hydrogens is 174 g/mol. The van der Waals surface area contributed by atoms with Crippen LogP contribution < -0.4 is 17.2 Å². The minimum absolute atomic E-state index is 0.287. The molecule has 0 radical (unpaired) electrons. The highest BCUT2D eigenvalue weighted by Crippen LogP contribution is 2.14. The zero-order valence-corrected chi connectivity index (χ0v) is 9.12. The van der Waals surface area contributed by atoms with E-state index in [9.17, 15) is 0 Å². The third-order valence-electron chi connectivity index (χ3n) is 3.16. The van der Waals surface area contributed by atoms with Gasteiger partial charge in [-0.3, -0.25) is 0 Å². The van der Waals surface area contributed by atoms with Gasteiger partial charge < -0.3 is 17.2 Å². The van der Waals surface area contributed by atoms with Crippen LogP contribution in [-0.2, 0) is 0 Å². The van der Waals surface area contributed by atoms with E-state index in [0.29, 0.717) is 12.1 Å². The molecule has 1 saturated carbocycles. The predicted octanol–water partition coefficient (Wildman–Crippen LogP) is 1.10. The predicted molar refractivity (Wildman–Crippen MR) is 60.9 cm³/mol. The first kappa shape index (κ1) is 12.0. The van der Waals surface area contributed by atoms with Gasteiger partial charge in [-0.05, 0) is 32.1 Å². The Morgan fingerprint density at radius 2 is 1.00 bits per heavy atom. The van der Waals surface area contributed by atoms with Gasteiger partial charge in [0.1, 0.15) is 0 Å². The fraction of sp³-hybridized carbons (Fsp3) is 1.00. The molecule has 0 aliphatic heterocycles. The Hall–Kier alpha value is -0.120. The Morgan fingerprint density at radius 3 is 1.64 bits per heavy atom. The van der Waals surface area contributed by atoms with E-state index in [1.54, 1.807) is 0 Å².